The second kappa shape index (κ2) is 6.90. The van der Waals surface area contributed by atoms with Crippen molar-refractivity contribution >= 4 is 5.69 Å². The Morgan fingerprint density at radius 2 is 2.16 bits per heavy atom. The minimum Gasteiger partial charge on any atom is -0.382 e. The highest BCUT2D eigenvalue weighted by atomic mass is 19.1. The molecule has 2 N–H and O–H groups in total. The summed E-state index contributed by atoms with van der Waals surface area (Å²) in [6, 6.07) is 6.09. The third-order valence-electron chi connectivity index (χ3n) is 3.76. The Bertz CT molecular complexity index is 377. The van der Waals surface area contributed by atoms with Gasteiger partial charge in [-0.15, -0.1) is 0 Å². The number of hydrogen-bond acceptors (Lipinski definition) is 2. The Labute approximate surface area is 115 Å². The summed E-state index contributed by atoms with van der Waals surface area (Å²) < 4.78 is 13.3. The zero-order valence-electron chi connectivity index (χ0n) is 12.0. The normalized spacial score (nSPS) is 21.7. The number of aryl methyl sites for hydroxylation is 1. The molecule has 106 valence electrons. The molecule has 2 nitrogen and oxygen atoms in total. The Hall–Kier alpha value is -1.09. The van der Waals surface area contributed by atoms with Gasteiger partial charge in [0.1, 0.15) is 5.82 Å². The van der Waals surface area contributed by atoms with Crippen LogP contribution in [0.15, 0.2) is 18.2 Å². The highest BCUT2D eigenvalue weighted by molar-refractivity contribution is 5.46. The molecular formula is C16H25FN2. The maximum absolute atomic E-state index is 13.3. The molecule has 2 atom stereocenters. The Kier molecular flexibility index (Phi) is 5.20. The fourth-order valence-electron chi connectivity index (χ4n) is 2.89. The van der Waals surface area contributed by atoms with Crippen LogP contribution < -0.4 is 10.6 Å². The van der Waals surface area contributed by atoms with E-state index < -0.39 is 0 Å². The van der Waals surface area contributed by atoms with Crippen molar-refractivity contribution in [1.29, 1.82) is 0 Å². The summed E-state index contributed by atoms with van der Waals surface area (Å²) >= 11 is 0. The van der Waals surface area contributed by atoms with E-state index in [1.807, 2.05) is 13.0 Å². The fraction of sp³-hybridized carbons (Fsp3) is 0.625. The van der Waals surface area contributed by atoms with Gasteiger partial charge in [0, 0.05) is 17.8 Å². The van der Waals surface area contributed by atoms with Gasteiger partial charge in [-0.1, -0.05) is 12.8 Å². The van der Waals surface area contributed by atoms with E-state index in [9.17, 15) is 4.39 Å². The minimum atomic E-state index is -0.165. The molecular weight excluding hydrogens is 239 g/mol. The van der Waals surface area contributed by atoms with Crippen molar-refractivity contribution < 1.29 is 4.39 Å². The lowest BCUT2D eigenvalue weighted by atomic mass is 10.0. The fourth-order valence-corrected chi connectivity index (χ4v) is 2.89. The first-order valence-electron chi connectivity index (χ1n) is 7.40. The van der Waals surface area contributed by atoms with Gasteiger partial charge in [0.15, 0.2) is 0 Å². The maximum atomic E-state index is 13.3. The molecule has 0 saturated carbocycles. The molecule has 3 heteroatoms. The van der Waals surface area contributed by atoms with Crippen LogP contribution >= 0.6 is 0 Å². The predicted octanol–water partition coefficient (Wildman–Crippen LogP) is 3.86. The number of benzene rings is 1. The molecule has 1 fully saturated rings. The van der Waals surface area contributed by atoms with E-state index in [1.165, 1.54) is 25.7 Å². The van der Waals surface area contributed by atoms with E-state index in [1.54, 1.807) is 12.1 Å². The van der Waals surface area contributed by atoms with E-state index in [-0.39, 0.29) is 5.82 Å². The van der Waals surface area contributed by atoms with Crippen LogP contribution in [0.3, 0.4) is 0 Å². The summed E-state index contributed by atoms with van der Waals surface area (Å²) in [7, 11) is 0. The van der Waals surface area contributed by atoms with Crippen LogP contribution in [0.2, 0.25) is 0 Å². The van der Waals surface area contributed by atoms with E-state index >= 15 is 0 Å². The van der Waals surface area contributed by atoms with Crippen LogP contribution in [0.25, 0.3) is 0 Å². The van der Waals surface area contributed by atoms with E-state index in [0.717, 1.165) is 24.2 Å². The zero-order valence-corrected chi connectivity index (χ0v) is 12.0. The summed E-state index contributed by atoms with van der Waals surface area (Å²) in [5.74, 6) is -0.165. The number of nitrogens with one attached hydrogen (secondary N) is 2. The van der Waals surface area contributed by atoms with Crippen LogP contribution in [0.1, 0.15) is 44.6 Å². The van der Waals surface area contributed by atoms with Crippen molar-refractivity contribution in [3.8, 4) is 0 Å². The largest absolute Gasteiger partial charge is 0.382 e. The molecule has 0 aliphatic carbocycles. The third-order valence-corrected chi connectivity index (χ3v) is 3.76. The van der Waals surface area contributed by atoms with Crippen molar-refractivity contribution in [2.45, 2.75) is 58.0 Å². The number of anilines is 1. The molecule has 1 aliphatic heterocycles. The SMILES string of the molecule is Cc1cc(F)cc(NC(C)CC2CCCCCN2)c1. The molecule has 2 unspecified atom stereocenters. The monoisotopic (exact) mass is 264 g/mol. The van der Waals surface area contributed by atoms with Crippen molar-refractivity contribution in [2.24, 2.45) is 0 Å². The molecule has 0 spiro atoms. The first-order chi connectivity index (χ1) is 9.13. The topological polar surface area (TPSA) is 24.1 Å². The standard InChI is InChI=1S/C16H25FN2/c1-12-8-14(17)11-16(9-12)19-13(2)10-15-6-4-3-5-7-18-15/h8-9,11,13,15,18-19H,3-7,10H2,1-2H3. The summed E-state index contributed by atoms with van der Waals surface area (Å²) in [6.07, 6.45) is 6.31. The molecule has 0 bridgehead atoms. The summed E-state index contributed by atoms with van der Waals surface area (Å²) in [5.41, 5.74) is 1.85. The van der Waals surface area contributed by atoms with Gasteiger partial charge in [-0.3, -0.25) is 0 Å². The molecule has 1 aromatic carbocycles. The van der Waals surface area contributed by atoms with E-state index in [4.69, 9.17) is 0 Å². The maximum Gasteiger partial charge on any atom is 0.125 e. The Morgan fingerprint density at radius 1 is 1.32 bits per heavy atom. The van der Waals surface area contributed by atoms with Crippen LogP contribution in [0.5, 0.6) is 0 Å². The molecule has 2 rings (SSSR count). The van der Waals surface area contributed by atoms with Crippen molar-refractivity contribution in [3.05, 3.63) is 29.6 Å². The summed E-state index contributed by atoms with van der Waals surface area (Å²) in [4.78, 5) is 0. The highest BCUT2D eigenvalue weighted by Crippen LogP contribution is 2.17. The van der Waals surface area contributed by atoms with Crippen LogP contribution in [-0.2, 0) is 0 Å². The molecule has 1 aliphatic rings. The molecule has 1 heterocycles. The third kappa shape index (κ3) is 4.83. The number of hydrogen-bond donors (Lipinski definition) is 2. The number of rotatable bonds is 4. The average molecular weight is 264 g/mol. The lowest BCUT2D eigenvalue weighted by Gasteiger charge is -2.22. The first-order valence-corrected chi connectivity index (χ1v) is 7.40. The molecule has 0 aromatic heterocycles. The van der Waals surface area contributed by atoms with Gasteiger partial charge in [-0.05, 0) is 63.4 Å². The Balaban J connectivity index is 1.87. The predicted molar refractivity (Wildman–Crippen MR) is 79.1 cm³/mol. The lowest BCUT2D eigenvalue weighted by molar-refractivity contribution is 0.456. The van der Waals surface area contributed by atoms with Gasteiger partial charge in [-0.2, -0.15) is 0 Å². The van der Waals surface area contributed by atoms with Gasteiger partial charge in [0.25, 0.3) is 0 Å². The zero-order chi connectivity index (χ0) is 13.7. The molecule has 0 radical (unpaired) electrons. The average Bonchev–Trinajstić information content (AvgIpc) is 2.55. The van der Waals surface area contributed by atoms with Crippen molar-refractivity contribution in [3.63, 3.8) is 0 Å². The van der Waals surface area contributed by atoms with Crippen LogP contribution in [0.4, 0.5) is 10.1 Å². The van der Waals surface area contributed by atoms with Gasteiger partial charge in [0.05, 0.1) is 0 Å². The number of halogens is 1. The van der Waals surface area contributed by atoms with Crippen LogP contribution in [0, 0.1) is 12.7 Å². The van der Waals surface area contributed by atoms with Gasteiger partial charge in [0.2, 0.25) is 0 Å². The Morgan fingerprint density at radius 3 is 2.95 bits per heavy atom. The molecule has 1 saturated heterocycles. The van der Waals surface area contributed by atoms with E-state index in [0.29, 0.717) is 12.1 Å². The highest BCUT2D eigenvalue weighted by Gasteiger charge is 2.15. The lowest BCUT2D eigenvalue weighted by Crippen LogP contribution is -2.33. The van der Waals surface area contributed by atoms with E-state index in [2.05, 4.69) is 17.6 Å². The summed E-state index contributed by atoms with van der Waals surface area (Å²) in [5, 5.41) is 7.02. The molecule has 0 amide bonds. The van der Waals surface area contributed by atoms with Crippen molar-refractivity contribution in [1.82, 2.24) is 5.32 Å². The quantitative estimate of drug-likeness (QED) is 0.863. The van der Waals surface area contributed by atoms with Gasteiger partial charge in [-0.25, -0.2) is 4.39 Å². The molecule has 1 aromatic rings. The molecule has 19 heavy (non-hydrogen) atoms. The second-order valence-electron chi connectivity index (χ2n) is 5.80. The first kappa shape index (κ1) is 14.3. The summed E-state index contributed by atoms with van der Waals surface area (Å²) in [6.45, 7) is 5.23. The van der Waals surface area contributed by atoms with Gasteiger partial charge < -0.3 is 10.6 Å². The minimum absolute atomic E-state index is 0.165. The smallest absolute Gasteiger partial charge is 0.125 e. The second-order valence-corrected chi connectivity index (χ2v) is 5.80. The van der Waals surface area contributed by atoms with Crippen LogP contribution in [-0.4, -0.2) is 18.6 Å². The van der Waals surface area contributed by atoms with Crippen molar-refractivity contribution in [2.75, 3.05) is 11.9 Å². The van der Waals surface area contributed by atoms with Gasteiger partial charge >= 0.3 is 0 Å².